The number of hydrogen-bond acceptors (Lipinski definition) is 3. The minimum Gasteiger partial charge on any atom is -0.309 e. The molecule has 1 aliphatic rings. The van der Waals surface area contributed by atoms with Crippen LogP contribution in [0.4, 0.5) is 0 Å². The lowest BCUT2D eigenvalue weighted by molar-refractivity contribution is 0.0842. The van der Waals surface area contributed by atoms with Crippen LogP contribution in [-0.4, -0.2) is 42.1 Å². The molecule has 2 unspecified atom stereocenters. The molecule has 1 saturated heterocycles. The molecule has 1 aromatic rings. The second kappa shape index (κ2) is 6.97. The number of thioether (sulfide) groups is 1. The first-order valence-corrected chi connectivity index (χ1v) is 8.94. The van der Waals surface area contributed by atoms with E-state index < -0.39 is 0 Å². The zero-order valence-electron chi connectivity index (χ0n) is 13.2. The highest BCUT2D eigenvalue weighted by molar-refractivity contribution is 7.98. The highest BCUT2D eigenvalue weighted by Gasteiger charge is 2.33. The maximum absolute atomic E-state index is 3.70. The molecule has 0 saturated carbocycles. The van der Waals surface area contributed by atoms with Gasteiger partial charge in [0.15, 0.2) is 0 Å². The molecule has 0 radical (unpaired) electrons. The quantitative estimate of drug-likeness (QED) is 0.895. The van der Waals surface area contributed by atoms with E-state index in [0.717, 1.165) is 19.0 Å². The van der Waals surface area contributed by atoms with Crippen LogP contribution in [0.5, 0.6) is 0 Å². The smallest absolute Gasteiger partial charge is 0.0473 e. The first-order valence-electron chi connectivity index (χ1n) is 7.55. The van der Waals surface area contributed by atoms with Crippen LogP contribution in [0.3, 0.4) is 0 Å². The van der Waals surface area contributed by atoms with Crippen LogP contribution in [0.15, 0.2) is 30.3 Å². The molecule has 2 rings (SSSR count). The predicted molar refractivity (Wildman–Crippen MR) is 90.4 cm³/mol. The summed E-state index contributed by atoms with van der Waals surface area (Å²) in [4.78, 5) is 2.67. The maximum Gasteiger partial charge on any atom is 0.0473 e. The van der Waals surface area contributed by atoms with Gasteiger partial charge in [0.05, 0.1) is 0 Å². The van der Waals surface area contributed by atoms with Gasteiger partial charge in [-0.1, -0.05) is 37.3 Å². The summed E-state index contributed by atoms with van der Waals surface area (Å²) in [6, 6.07) is 11.4. The number of nitrogens with zero attached hydrogens (tertiary/aromatic N) is 1. The number of piperazine rings is 1. The van der Waals surface area contributed by atoms with Gasteiger partial charge in [0.25, 0.3) is 0 Å². The summed E-state index contributed by atoms with van der Waals surface area (Å²) < 4.78 is 0. The summed E-state index contributed by atoms with van der Waals surface area (Å²) in [7, 11) is 0. The molecule has 1 heterocycles. The van der Waals surface area contributed by atoms with Gasteiger partial charge in [-0.3, -0.25) is 4.90 Å². The highest BCUT2D eigenvalue weighted by atomic mass is 32.2. The Morgan fingerprint density at radius 1 is 1.35 bits per heavy atom. The second-order valence-electron chi connectivity index (χ2n) is 6.68. The van der Waals surface area contributed by atoms with Gasteiger partial charge in [-0.25, -0.2) is 0 Å². The summed E-state index contributed by atoms with van der Waals surface area (Å²) in [5, 5.41) is 3.70. The molecule has 1 N–H and O–H groups in total. The third kappa shape index (κ3) is 4.24. The molecule has 2 nitrogen and oxygen atoms in total. The van der Waals surface area contributed by atoms with Gasteiger partial charge < -0.3 is 5.32 Å². The van der Waals surface area contributed by atoms with Crippen molar-refractivity contribution in [2.75, 3.05) is 31.6 Å². The zero-order valence-corrected chi connectivity index (χ0v) is 14.0. The Labute approximate surface area is 128 Å². The maximum atomic E-state index is 3.70. The molecule has 0 aromatic heterocycles. The van der Waals surface area contributed by atoms with Crippen molar-refractivity contribution < 1.29 is 0 Å². The molecule has 1 fully saturated rings. The van der Waals surface area contributed by atoms with Crippen molar-refractivity contribution in [3.8, 4) is 0 Å². The monoisotopic (exact) mass is 292 g/mol. The average Bonchev–Trinajstić information content (AvgIpc) is 2.39. The highest BCUT2D eigenvalue weighted by Crippen LogP contribution is 2.28. The summed E-state index contributed by atoms with van der Waals surface area (Å²) in [5.74, 6) is 1.98. The largest absolute Gasteiger partial charge is 0.309 e. The van der Waals surface area contributed by atoms with Crippen molar-refractivity contribution in [2.24, 2.45) is 5.92 Å². The van der Waals surface area contributed by atoms with Crippen LogP contribution in [-0.2, 0) is 0 Å². The van der Waals surface area contributed by atoms with E-state index in [1.54, 1.807) is 0 Å². The lowest BCUT2D eigenvalue weighted by atomic mass is 9.94. The van der Waals surface area contributed by atoms with Gasteiger partial charge in [0.1, 0.15) is 0 Å². The Balaban J connectivity index is 2.12. The molecule has 1 aromatic carbocycles. The number of benzene rings is 1. The molecular weight excluding hydrogens is 264 g/mol. The zero-order chi connectivity index (χ0) is 14.6. The van der Waals surface area contributed by atoms with Crippen molar-refractivity contribution in [3.05, 3.63) is 35.9 Å². The van der Waals surface area contributed by atoms with Gasteiger partial charge >= 0.3 is 0 Å². The van der Waals surface area contributed by atoms with Crippen molar-refractivity contribution >= 4 is 11.8 Å². The van der Waals surface area contributed by atoms with Gasteiger partial charge in [-0.2, -0.15) is 11.8 Å². The minimum atomic E-state index is 0.213. The van der Waals surface area contributed by atoms with E-state index in [-0.39, 0.29) is 5.54 Å². The van der Waals surface area contributed by atoms with Crippen molar-refractivity contribution in [1.82, 2.24) is 10.2 Å². The fraction of sp³-hybridized carbons (Fsp3) is 0.647. The van der Waals surface area contributed by atoms with E-state index in [4.69, 9.17) is 0 Å². The van der Waals surface area contributed by atoms with Crippen LogP contribution in [0.2, 0.25) is 0 Å². The van der Waals surface area contributed by atoms with Crippen molar-refractivity contribution in [1.29, 1.82) is 0 Å². The van der Waals surface area contributed by atoms with Gasteiger partial charge in [0.2, 0.25) is 0 Å². The fourth-order valence-electron chi connectivity index (χ4n) is 3.11. The van der Waals surface area contributed by atoms with E-state index in [9.17, 15) is 0 Å². The van der Waals surface area contributed by atoms with Gasteiger partial charge in [-0.05, 0) is 37.3 Å². The Morgan fingerprint density at radius 3 is 2.70 bits per heavy atom. The fourth-order valence-corrected chi connectivity index (χ4v) is 3.78. The van der Waals surface area contributed by atoms with Crippen molar-refractivity contribution in [2.45, 2.75) is 32.4 Å². The summed E-state index contributed by atoms with van der Waals surface area (Å²) >= 11 is 1.95. The number of hydrogen-bond donors (Lipinski definition) is 1. The average molecular weight is 292 g/mol. The Bertz CT molecular complexity index is 405. The van der Waals surface area contributed by atoms with E-state index in [2.05, 4.69) is 67.6 Å². The second-order valence-corrected chi connectivity index (χ2v) is 7.59. The van der Waals surface area contributed by atoms with Gasteiger partial charge in [0, 0.05) is 31.2 Å². The molecule has 0 amide bonds. The normalized spacial score (nSPS) is 24.5. The van der Waals surface area contributed by atoms with Crippen LogP contribution in [0, 0.1) is 5.92 Å². The molecule has 2 atom stereocenters. The van der Waals surface area contributed by atoms with Crippen LogP contribution >= 0.6 is 11.8 Å². The van der Waals surface area contributed by atoms with E-state index in [1.807, 2.05) is 11.8 Å². The molecule has 0 aliphatic carbocycles. The topological polar surface area (TPSA) is 15.3 Å². The predicted octanol–water partition coefficient (Wildman–Crippen LogP) is 3.41. The minimum absolute atomic E-state index is 0.213. The molecule has 3 heteroatoms. The van der Waals surface area contributed by atoms with E-state index in [0.29, 0.717) is 6.04 Å². The standard InChI is InChI=1S/C17H28N2S/c1-14(12-20-4)11-19-13-17(2,3)18-10-16(19)15-8-6-5-7-9-15/h5-9,14,16,18H,10-13H2,1-4H3. The molecule has 0 spiro atoms. The Hall–Kier alpha value is -0.510. The van der Waals surface area contributed by atoms with Crippen LogP contribution in [0.1, 0.15) is 32.4 Å². The third-order valence-electron chi connectivity index (χ3n) is 3.99. The summed E-state index contributed by atoms with van der Waals surface area (Å²) in [5.41, 5.74) is 1.65. The van der Waals surface area contributed by atoms with Gasteiger partial charge in [-0.15, -0.1) is 0 Å². The van der Waals surface area contributed by atoms with Crippen LogP contribution < -0.4 is 5.32 Å². The Morgan fingerprint density at radius 2 is 2.05 bits per heavy atom. The molecular formula is C17H28N2S. The number of nitrogens with one attached hydrogen (secondary N) is 1. The first kappa shape index (κ1) is 15.9. The molecule has 0 bridgehead atoms. The molecule has 1 aliphatic heterocycles. The van der Waals surface area contributed by atoms with E-state index in [1.165, 1.54) is 17.9 Å². The Kier molecular flexibility index (Phi) is 5.53. The summed E-state index contributed by atoms with van der Waals surface area (Å²) in [6.07, 6.45) is 2.20. The molecule has 20 heavy (non-hydrogen) atoms. The third-order valence-corrected chi connectivity index (χ3v) is 4.90. The van der Waals surface area contributed by atoms with Crippen LogP contribution in [0.25, 0.3) is 0 Å². The first-order chi connectivity index (χ1) is 9.52. The summed E-state index contributed by atoms with van der Waals surface area (Å²) in [6.45, 7) is 10.3. The number of rotatable bonds is 5. The SMILES string of the molecule is CSCC(C)CN1CC(C)(C)NCC1c1ccccc1. The molecule has 112 valence electrons. The lowest BCUT2D eigenvalue weighted by Crippen LogP contribution is -2.58. The van der Waals surface area contributed by atoms with Crippen molar-refractivity contribution in [3.63, 3.8) is 0 Å². The lowest BCUT2D eigenvalue weighted by Gasteiger charge is -2.45. The van der Waals surface area contributed by atoms with E-state index >= 15 is 0 Å².